The van der Waals surface area contributed by atoms with Crippen molar-refractivity contribution < 1.29 is 13.5 Å². The van der Waals surface area contributed by atoms with Crippen LogP contribution >= 0.6 is 15.9 Å². The number of benzene rings is 1. The number of nitrogens with one attached hydrogen (secondary N) is 1. The minimum atomic E-state index is -3.57. The molecule has 0 aliphatic heterocycles. The van der Waals surface area contributed by atoms with Crippen LogP contribution < -0.4 is 10.5 Å². The monoisotopic (exact) mass is 308 g/mol. The summed E-state index contributed by atoms with van der Waals surface area (Å²) in [5.74, 6) is 0. The predicted molar refractivity (Wildman–Crippen MR) is 65.4 cm³/mol. The minimum Gasteiger partial charge on any atom is -0.399 e. The molecule has 0 saturated heterocycles. The normalized spacial score (nSPS) is 11.6. The SMILES string of the molecule is Nc1ccc(Br)c(S(=O)(=O)NCCCO)c1. The molecule has 1 aromatic carbocycles. The first-order valence-electron chi connectivity index (χ1n) is 4.63. The van der Waals surface area contributed by atoms with Gasteiger partial charge in [0.15, 0.2) is 0 Å². The van der Waals surface area contributed by atoms with Crippen molar-refractivity contribution in [3.63, 3.8) is 0 Å². The third kappa shape index (κ3) is 3.44. The second-order valence-electron chi connectivity index (χ2n) is 3.16. The molecule has 0 heterocycles. The fraction of sp³-hybridized carbons (Fsp3) is 0.333. The molecule has 0 amide bonds. The van der Waals surface area contributed by atoms with E-state index < -0.39 is 10.0 Å². The molecule has 0 radical (unpaired) electrons. The van der Waals surface area contributed by atoms with Gasteiger partial charge >= 0.3 is 0 Å². The fourth-order valence-corrected chi connectivity index (χ4v) is 3.16. The Kier molecular flexibility index (Phi) is 4.72. The Morgan fingerprint density at radius 1 is 1.44 bits per heavy atom. The van der Waals surface area contributed by atoms with E-state index in [0.29, 0.717) is 16.6 Å². The average Bonchev–Trinajstić information content (AvgIpc) is 2.22. The Morgan fingerprint density at radius 2 is 2.12 bits per heavy atom. The fourth-order valence-electron chi connectivity index (χ4n) is 1.09. The summed E-state index contributed by atoms with van der Waals surface area (Å²) in [6.07, 6.45) is 0.374. The van der Waals surface area contributed by atoms with Gasteiger partial charge in [0.05, 0.1) is 4.90 Å². The van der Waals surface area contributed by atoms with E-state index in [1.807, 2.05) is 0 Å². The molecule has 90 valence electrons. The standard InChI is InChI=1S/C9H13BrN2O3S/c10-8-3-2-7(11)6-9(8)16(14,15)12-4-1-5-13/h2-3,6,12-13H,1,4-5,11H2. The zero-order valence-corrected chi connectivity index (χ0v) is 10.9. The van der Waals surface area contributed by atoms with Crippen LogP contribution in [0.25, 0.3) is 0 Å². The van der Waals surface area contributed by atoms with Gasteiger partial charge in [-0.2, -0.15) is 0 Å². The van der Waals surface area contributed by atoms with Gasteiger partial charge in [-0.25, -0.2) is 13.1 Å². The molecule has 0 unspecified atom stereocenters. The molecule has 0 atom stereocenters. The van der Waals surface area contributed by atoms with E-state index in [9.17, 15) is 8.42 Å². The molecule has 0 fully saturated rings. The van der Waals surface area contributed by atoms with Crippen LogP contribution in [0.4, 0.5) is 5.69 Å². The molecule has 0 bridgehead atoms. The van der Waals surface area contributed by atoms with Crippen molar-refractivity contribution in [3.8, 4) is 0 Å². The lowest BCUT2D eigenvalue weighted by Crippen LogP contribution is -2.25. The highest BCUT2D eigenvalue weighted by molar-refractivity contribution is 9.10. The highest BCUT2D eigenvalue weighted by Crippen LogP contribution is 2.23. The molecular formula is C9H13BrN2O3S. The van der Waals surface area contributed by atoms with Crippen molar-refractivity contribution in [1.29, 1.82) is 0 Å². The first kappa shape index (κ1) is 13.4. The summed E-state index contributed by atoms with van der Waals surface area (Å²) >= 11 is 3.15. The maximum absolute atomic E-state index is 11.8. The van der Waals surface area contributed by atoms with Crippen molar-refractivity contribution in [1.82, 2.24) is 4.72 Å². The van der Waals surface area contributed by atoms with Crippen LogP contribution in [-0.2, 0) is 10.0 Å². The summed E-state index contributed by atoms with van der Waals surface area (Å²) in [5.41, 5.74) is 5.91. The number of aliphatic hydroxyl groups is 1. The molecule has 0 aliphatic rings. The molecule has 1 aromatic rings. The van der Waals surface area contributed by atoms with Crippen LogP contribution in [0.2, 0.25) is 0 Å². The van der Waals surface area contributed by atoms with Gasteiger partial charge < -0.3 is 10.8 Å². The quantitative estimate of drug-likeness (QED) is 0.551. The van der Waals surface area contributed by atoms with Gasteiger partial charge in [-0.05, 0) is 40.5 Å². The molecule has 7 heteroatoms. The smallest absolute Gasteiger partial charge is 0.241 e. The van der Waals surface area contributed by atoms with Crippen LogP contribution in [0.3, 0.4) is 0 Å². The molecule has 0 aromatic heterocycles. The number of halogens is 1. The minimum absolute atomic E-state index is 0.0549. The zero-order chi connectivity index (χ0) is 12.2. The lowest BCUT2D eigenvalue weighted by molar-refractivity contribution is 0.289. The summed E-state index contributed by atoms with van der Waals surface area (Å²) < 4.78 is 26.4. The van der Waals surface area contributed by atoms with Gasteiger partial charge in [0.1, 0.15) is 0 Å². The number of nitrogens with two attached hydrogens (primary N) is 1. The average molecular weight is 309 g/mol. The lowest BCUT2D eigenvalue weighted by Gasteiger charge is -2.08. The van der Waals surface area contributed by atoms with E-state index in [2.05, 4.69) is 20.7 Å². The Hall–Kier alpha value is -0.630. The number of hydrogen-bond acceptors (Lipinski definition) is 4. The van der Waals surface area contributed by atoms with Crippen molar-refractivity contribution >= 4 is 31.6 Å². The number of sulfonamides is 1. The topological polar surface area (TPSA) is 92.4 Å². The molecule has 1 rings (SSSR count). The van der Waals surface area contributed by atoms with Crippen LogP contribution in [0.15, 0.2) is 27.6 Å². The second-order valence-corrected chi connectivity index (χ2v) is 5.75. The highest BCUT2D eigenvalue weighted by atomic mass is 79.9. The van der Waals surface area contributed by atoms with Gasteiger partial charge in [-0.3, -0.25) is 0 Å². The third-order valence-electron chi connectivity index (χ3n) is 1.87. The maximum atomic E-state index is 11.8. The van der Waals surface area contributed by atoms with E-state index in [-0.39, 0.29) is 18.0 Å². The van der Waals surface area contributed by atoms with Crippen LogP contribution in [0.5, 0.6) is 0 Å². The first-order chi connectivity index (χ1) is 7.47. The van der Waals surface area contributed by atoms with Crippen molar-refractivity contribution in [3.05, 3.63) is 22.7 Å². The Labute approximate surface area is 103 Å². The van der Waals surface area contributed by atoms with E-state index >= 15 is 0 Å². The highest BCUT2D eigenvalue weighted by Gasteiger charge is 2.16. The molecule has 0 aliphatic carbocycles. The summed E-state index contributed by atoms with van der Waals surface area (Å²) in [7, 11) is -3.57. The zero-order valence-electron chi connectivity index (χ0n) is 8.48. The summed E-state index contributed by atoms with van der Waals surface area (Å²) in [5, 5.41) is 8.57. The summed E-state index contributed by atoms with van der Waals surface area (Å²) in [6, 6.07) is 4.57. The van der Waals surface area contributed by atoms with Gasteiger partial charge in [0.25, 0.3) is 0 Å². The van der Waals surface area contributed by atoms with Gasteiger partial charge in [-0.1, -0.05) is 0 Å². The Balaban J connectivity index is 2.93. The third-order valence-corrected chi connectivity index (χ3v) is 4.33. The predicted octanol–water partition coefficient (Wildman–Crippen LogP) is 0.692. The Morgan fingerprint density at radius 3 is 2.75 bits per heavy atom. The second kappa shape index (κ2) is 5.62. The van der Waals surface area contributed by atoms with Gasteiger partial charge in [0, 0.05) is 23.3 Å². The largest absolute Gasteiger partial charge is 0.399 e. The molecule has 16 heavy (non-hydrogen) atoms. The molecule has 4 N–H and O–H groups in total. The number of rotatable bonds is 5. The van der Waals surface area contributed by atoms with E-state index in [1.165, 1.54) is 6.07 Å². The van der Waals surface area contributed by atoms with E-state index in [1.54, 1.807) is 12.1 Å². The number of aliphatic hydroxyl groups excluding tert-OH is 1. The van der Waals surface area contributed by atoms with Gasteiger partial charge in [-0.15, -0.1) is 0 Å². The molecular weight excluding hydrogens is 296 g/mol. The van der Waals surface area contributed by atoms with Gasteiger partial charge in [0.2, 0.25) is 10.0 Å². The first-order valence-corrected chi connectivity index (χ1v) is 6.90. The Bertz CT molecular complexity index is 462. The van der Waals surface area contributed by atoms with E-state index in [4.69, 9.17) is 10.8 Å². The summed E-state index contributed by atoms with van der Waals surface area (Å²) in [6.45, 7) is 0.140. The van der Waals surface area contributed by atoms with Crippen LogP contribution in [0, 0.1) is 0 Å². The summed E-state index contributed by atoms with van der Waals surface area (Å²) in [4.78, 5) is 0.102. The van der Waals surface area contributed by atoms with Crippen LogP contribution in [-0.4, -0.2) is 26.7 Å². The molecule has 0 saturated carbocycles. The van der Waals surface area contributed by atoms with Crippen molar-refractivity contribution in [2.24, 2.45) is 0 Å². The molecule has 0 spiro atoms. The van der Waals surface area contributed by atoms with Crippen molar-refractivity contribution in [2.75, 3.05) is 18.9 Å². The van der Waals surface area contributed by atoms with Crippen molar-refractivity contribution in [2.45, 2.75) is 11.3 Å². The number of nitrogen functional groups attached to an aromatic ring is 1. The van der Waals surface area contributed by atoms with Crippen LogP contribution in [0.1, 0.15) is 6.42 Å². The lowest BCUT2D eigenvalue weighted by atomic mass is 10.3. The number of hydrogen-bond donors (Lipinski definition) is 3. The number of anilines is 1. The molecule has 5 nitrogen and oxygen atoms in total. The maximum Gasteiger partial charge on any atom is 0.241 e. The van der Waals surface area contributed by atoms with E-state index in [0.717, 1.165) is 0 Å².